The normalized spacial score (nSPS) is 27.7. The van der Waals surface area contributed by atoms with Crippen molar-refractivity contribution in [3.63, 3.8) is 0 Å². The number of rotatable bonds is 4. The molecule has 0 aliphatic heterocycles. The van der Waals surface area contributed by atoms with Gasteiger partial charge in [0.05, 0.1) is 12.5 Å². The van der Waals surface area contributed by atoms with E-state index in [0.29, 0.717) is 13.0 Å². The summed E-state index contributed by atoms with van der Waals surface area (Å²) < 4.78 is 4.85. The SMILES string of the molecule is CCCOC(=O)[C@@H]1C[C@H]1C=O. The summed E-state index contributed by atoms with van der Waals surface area (Å²) in [5.74, 6) is -0.387. The fourth-order valence-corrected chi connectivity index (χ4v) is 0.946. The Balaban J connectivity index is 2.17. The molecule has 0 aromatic heterocycles. The topological polar surface area (TPSA) is 43.4 Å². The van der Waals surface area contributed by atoms with E-state index in [0.717, 1.165) is 12.7 Å². The van der Waals surface area contributed by atoms with Crippen LogP contribution in [-0.2, 0) is 14.3 Å². The van der Waals surface area contributed by atoms with Gasteiger partial charge in [0.25, 0.3) is 0 Å². The highest BCUT2D eigenvalue weighted by atomic mass is 16.5. The van der Waals surface area contributed by atoms with Crippen LogP contribution in [0.4, 0.5) is 0 Å². The molecule has 0 bridgehead atoms. The van der Waals surface area contributed by atoms with Crippen LogP contribution < -0.4 is 0 Å². The summed E-state index contributed by atoms with van der Waals surface area (Å²) in [7, 11) is 0. The minimum absolute atomic E-state index is 0.0562. The van der Waals surface area contributed by atoms with Gasteiger partial charge in [-0.05, 0) is 12.8 Å². The number of ether oxygens (including phenoxy) is 1. The fraction of sp³-hybridized carbons (Fsp3) is 0.750. The average Bonchev–Trinajstić information content (AvgIpc) is 2.78. The maximum Gasteiger partial charge on any atom is 0.309 e. The molecule has 0 unspecified atom stereocenters. The van der Waals surface area contributed by atoms with Crippen LogP contribution in [-0.4, -0.2) is 18.9 Å². The van der Waals surface area contributed by atoms with Crippen molar-refractivity contribution < 1.29 is 14.3 Å². The molecule has 0 aromatic rings. The minimum atomic E-state index is -0.205. The number of carbonyl (C=O) groups excluding carboxylic acids is 2. The molecule has 1 fully saturated rings. The third kappa shape index (κ3) is 2.03. The maximum absolute atomic E-state index is 11.0. The van der Waals surface area contributed by atoms with Crippen LogP contribution in [0.25, 0.3) is 0 Å². The first-order valence-corrected chi connectivity index (χ1v) is 3.91. The van der Waals surface area contributed by atoms with Gasteiger partial charge in [0.1, 0.15) is 6.29 Å². The van der Waals surface area contributed by atoms with Gasteiger partial charge >= 0.3 is 5.97 Å². The molecule has 2 atom stereocenters. The van der Waals surface area contributed by atoms with Crippen LogP contribution in [0.3, 0.4) is 0 Å². The van der Waals surface area contributed by atoms with Gasteiger partial charge in [-0.25, -0.2) is 0 Å². The molecule has 1 aliphatic rings. The van der Waals surface area contributed by atoms with E-state index < -0.39 is 0 Å². The lowest BCUT2D eigenvalue weighted by Crippen LogP contribution is -2.08. The molecule has 3 heteroatoms. The predicted octanol–water partition coefficient (Wildman–Crippen LogP) is 0.775. The van der Waals surface area contributed by atoms with Crippen molar-refractivity contribution in [2.75, 3.05) is 6.61 Å². The third-order valence-corrected chi connectivity index (χ3v) is 1.77. The molecular weight excluding hydrogens is 144 g/mol. The molecule has 1 rings (SSSR count). The molecule has 11 heavy (non-hydrogen) atoms. The fourth-order valence-electron chi connectivity index (χ4n) is 0.946. The zero-order chi connectivity index (χ0) is 8.27. The first-order chi connectivity index (χ1) is 5.29. The Hall–Kier alpha value is -0.860. The molecule has 0 aromatic carbocycles. The number of hydrogen-bond acceptors (Lipinski definition) is 3. The van der Waals surface area contributed by atoms with Crippen LogP contribution in [0, 0.1) is 11.8 Å². The van der Waals surface area contributed by atoms with Crippen molar-refractivity contribution in [3.8, 4) is 0 Å². The van der Waals surface area contributed by atoms with E-state index in [1.807, 2.05) is 6.92 Å². The third-order valence-electron chi connectivity index (χ3n) is 1.77. The lowest BCUT2D eigenvalue weighted by atomic mass is 10.3. The molecule has 0 amide bonds. The zero-order valence-corrected chi connectivity index (χ0v) is 6.58. The summed E-state index contributed by atoms with van der Waals surface area (Å²) in [4.78, 5) is 21.1. The highest BCUT2D eigenvalue weighted by molar-refractivity contribution is 5.81. The van der Waals surface area contributed by atoms with Crippen molar-refractivity contribution in [3.05, 3.63) is 0 Å². The summed E-state index contributed by atoms with van der Waals surface area (Å²) >= 11 is 0. The van der Waals surface area contributed by atoms with E-state index in [2.05, 4.69) is 0 Å². The Labute approximate surface area is 65.7 Å². The molecule has 62 valence electrons. The summed E-state index contributed by atoms with van der Waals surface area (Å²) in [6, 6.07) is 0. The van der Waals surface area contributed by atoms with Gasteiger partial charge in [0.2, 0.25) is 0 Å². The zero-order valence-electron chi connectivity index (χ0n) is 6.58. The van der Waals surface area contributed by atoms with Gasteiger partial charge in [0.15, 0.2) is 0 Å². The van der Waals surface area contributed by atoms with E-state index in [1.165, 1.54) is 0 Å². The maximum atomic E-state index is 11.0. The summed E-state index contributed by atoms with van der Waals surface area (Å²) in [5.41, 5.74) is 0. The lowest BCUT2D eigenvalue weighted by molar-refractivity contribution is -0.146. The van der Waals surface area contributed by atoms with Crippen molar-refractivity contribution in [1.82, 2.24) is 0 Å². The molecule has 0 radical (unpaired) electrons. The molecule has 3 nitrogen and oxygen atoms in total. The Kier molecular flexibility index (Phi) is 2.63. The van der Waals surface area contributed by atoms with Gasteiger partial charge in [-0.1, -0.05) is 6.92 Å². The van der Waals surface area contributed by atoms with Gasteiger partial charge < -0.3 is 9.53 Å². The molecule has 0 heterocycles. The first kappa shape index (κ1) is 8.24. The predicted molar refractivity (Wildman–Crippen MR) is 38.9 cm³/mol. The molecular formula is C8H12O3. The van der Waals surface area contributed by atoms with E-state index in [4.69, 9.17) is 4.74 Å². The quantitative estimate of drug-likeness (QED) is 0.446. The number of esters is 1. The van der Waals surface area contributed by atoms with Crippen molar-refractivity contribution in [1.29, 1.82) is 0 Å². The smallest absolute Gasteiger partial charge is 0.309 e. The second-order valence-electron chi connectivity index (χ2n) is 2.81. The Morgan fingerprint density at radius 3 is 2.91 bits per heavy atom. The summed E-state index contributed by atoms with van der Waals surface area (Å²) in [6.45, 7) is 2.41. The summed E-state index contributed by atoms with van der Waals surface area (Å²) in [6.07, 6.45) is 2.36. The molecule has 0 N–H and O–H groups in total. The van der Waals surface area contributed by atoms with Crippen LogP contribution in [0.15, 0.2) is 0 Å². The highest BCUT2D eigenvalue weighted by Crippen LogP contribution is 2.37. The Morgan fingerprint density at radius 1 is 1.73 bits per heavy atom. The van der Waals surface area contributed by atoms with E-state index >= 15 is 0 Å². The first-order valence-electron chi connectivity index (χ1n) is 3.91. The highest BCUT2D eigenvalue weighted by Gasteiger charge is 2.43. The van der Waals surface area contributed by atoms with Crippen LogP contribution in [0.1, 0.15) is 19.8 Å². The second kappa shape index (κ2) is 3.51. The molecule has 1 saturated carbocycles. The molecule has 0 saturated heterocycles. The van der Waals surface area contributed by atoms with Crippen molar-refractivity contribution in [2.24, 2.45) is 11.8 Å². The average molecular weight is 156 g/mol. The largest absolute Gasteiger partial charge is 0.465 e. The van der Waals surface area contributed by atoms with E-state index in [1.54, 1.807) is 0 Å². The number of carbonyl (C=O) groups is 2. The van der Waals surface area contributed by atoms with Crippen LogP contribution >= 0.6 is 0 Å². The van der Waals surface area contributed by atoms with Crippen LogP contribution in [0.5, 0.6) is 0 Å². The van der Waals surface area contributed by atoms with Gasteiger partial charge in [-0.15, -0.1) is 0 Å². The van der Waals surface area contributed by atoms with Crippen molar-refractivity contribution >= 4 is 12.3 Å². The second-order valence-corrected chi connectivity index (χ2v) is 2.81. The summed E-state index contributed by atoms with van der Waals surface area (Å²) in [5, 5.41) is 0. The molecule has 0 spiro atoms. The Morgan fingerprint density at radius 2 is 2.45 bits per heavy atom. The van der Waals surface area contributed by atoms with Gasteiger partial charge in [-0.3, -0.25) is 4.79 Å². The van der Waals surface area contributed by atoms with Crippen LogP contribution in [0.2, 0.25) is 0 Å². The lowest BCUT2D eigenvalue weighted by Gasteiger charge is -1.99. The number of hydrogen-bond donors (Lipinski definition) is 0. The standard InChI is InChI=1S/C8H12O3/c1-2-3-11-8(10)7-4-6(7)5-9/h5-7H,2-4H2,1H3/t6-,7+/m0/s1. The minimum Gasteiger partial charge on any atom is -0.465 e. The Bertz CT molecular complexity index is 165. The molecule has 1 aliphatic carbocycles. The van der Waals surface area contributed by atoms with Gasteiger partial charge in [0, 0.05) is 5.92 Å². The monoisotopic (exact) mass is 156 g/mol. The van der Waals surface area contributed by atoms with E-state index in [9.17, 15) is 9.59 Å². The van der Waals surface area contributed by atoms with Crippen molar-refractivity contribution in [2.45, 2.75) is 19.8 Å². The van der Waals surface area contributed by atoms with Gasteiger partial charge in [-0.2, -0.15) is 0 Å². The van der Waals surface area contributed by atoms with E-state index in [-0.39, 0.29) is 17.8 Å². The number of aldehydes is 1.